The van der Waals surface area contributed by atoms with Crippen LogP contribution in [0, 0.1) is 0 Å². The molecular formula is C26H19N3O6. The molecule has 0 saturated carbocycles. The van der Waals surface area contributed by atoms with Crippen LogP contribution >= 0.6 is 0 Å². The van der Waals surface area contributed by atoms with Crippen molar-refractivity contribution < 1.29 is 29.3 Å². The van der Waals surface area contributed by atoms with E-state index >= 15 is 0 Å². The summed E-state index contributed by atoms with van der Waals surface area (Å²) in [7, 11) is 0. The summed E-state index contributed by atoms with van der Waals surface area (Å²) in [5, 5.41) is 21.4. The number of nitrogens with zero attached hydrogens (tertiary/aromatic N) is 2. The summed E-state index contributed by atoms with van der Waals surface area (Å²) in [5.41, 5.74) is 1.90. The normalized spacial score (nSPS) is 18.9. The summed E-state index contributed by atoms with van der Waals surface area (Å²) in [4.78, 5) is 35.4. The molecule has 35 heavy (non-hydrogen) atoms. The number of Topliss-reactive ketones (excluding diaryl/α,β-unsaturated/α-hetero) is 1. The molecule has 1 unspecified atom stereocenters. The second-order valence-corrected chi connectivity index (χ2v) is 8.20. The van der Waals surface area contributed by atoms with E-state index in [2.05, 4.69) is 9.97 Å². The van der Waals surface area contributed by atoms with Crippen LogP contribution in [-0.4, -0.2) is 45.1 Å². The van der Waals surface area contributed by atoms with Gasteiger partial charge in [-0.15, -0.1) is 0 Å². The molecule has 3 aromatic carbocycles. The van der Waals surface area contributed by atoms with Crippen LogP contribution in [0.3, 0.4) is 0 Å². The van der Waals surface area contributed by atoms with Gasteiger partial charge in [0.05, 0.1) is 22.6 Å². The van der Waals surface area contributed by atoms with Gasteiger partial charge < -0.3 is 24.7 Å². The Morgan fingerprint density at radius 2 is 1.77 bits per heavy atom. The third-order valence-electron chi connectivity index (χ3n) is 6.05. The van der Waals surface area contributed by atoms with E-state index in [0.717, 1.165) is 0 Å². The minimum atomic E-state index is -1.03. The zero-order valence-electron chi connectivity index (χ0n) is 18.3. The van der Waals surface area contributed by atoms with E-state index in [0.29, 0.717) is 46.9 Å². The number of H-pyrrole nitrogens is 1. The molecule has 174 valence electrons. The van der Waals surface area contributed by atoms with Crippen molar-refractivity contribution in [3.8, 4) is 17.2 Å². The maximum absolute atomic E-state index is 13.3. The lowest BCUT2D eigenvalue weighted by atomic mass is 9.95. The molecule has 1 atom stereocenters. The first-order valence-corrected chi connectivity index (χ1v) is 11.0. The Morgan fingerprint density at radius 1 is 0.971 bits per heavy atom. The molecule has 6 rings (SSSR count). The van der Waals surface area contributed by atoms with Gasteiger partial charge in [0.15, 0.2) is 11.5 Å². The van der Waals surface area contributed by atoms with Gasteiger partial charge in [-0.25, -0.2) is 4.98 Å². The highest BCUT2D eigenvalue weighted by atomic mass is 16.6. The highest BCUT2D eigenvalue weighted by Gasteiger charge is 2.48. The van der Waals surface area contributed by atoms with E-state index in [1.807, 2.05) is 12.1 Å². The lowest BCUT2D eigenvalue weighted by molar-refractivity contribution is -0.132. The van der Waals surface area contributed by atoms with Crippen LogP contribution in [0.25, 0.3) is 16.8 Å². The lowest BCUT2D eigenvalue weighted by Gasteiger charge is -2.23. The zero-order valence-corrected chi connectivity index (χ0v) is 18.3. The second-order valence-electron chi connectivity index (χ2n) is 8.20. The number of aliphatic hydroxyl groups excluding tert-OH is 1. The third kappa shape index (κ3) is 3.36. The first-order chi connectivity index (χ1) is 17.0. The lowest BCUT2D eigenvalue weighted by Crippen LogP contribution is -2.30. The Balaban J connectivity index is 1.55. The molecule has 0 aliphatic carbocycles. The van der Waals surface area contributed by atoms with Crippen LogP contribution in [0.4, 0.5) is 5.95 Å². The Hall–Kier alpha value is -4.79. The van der Waals surface area contributed by atoms with Crippen LogP contribution in [0.1, 0.15) is 17.2 Å². The molecule has 9 heteroatoms. The Kier molecular flexibility index (Phi) is 4.70. The number of hydrogen-bond donors (Lipinski definition) is 3. The molecule has 3 N–H and O–H groups in total. The number of ether oxygens (including phenoxy) is 2. The molecular weight excluding hydrogens is 450 g/mol. The molecule has 1 amide bonds. The van der Waals surface area contributed by atoms with E-state index in [4.69, 9.17) is 9.47 Å². The molecule has 0 spiro atoms. The van der Waals surface area contributed by atoms with Crippen molar-refractivity contribution in [2.45, 2.75) is 6.04 Å². The number of aliphatic hydroxyl groups is 1. The van der Waals surface area contributed by atoms with Gasteiger partial charge in [0.25, 0.3) is 5.78 Å². The number of nitrogens with one attached hydrogen (secondary N) is 1. The molecule has 2 aliphatic heterocycles. The summed E-state index contributed by atoms with van der Waals surface area (Å²) in [6.07, 6.45) is 0. The molecule has 0 radical (unpaired) electrons. The number of phenolic OH excluding ortho intramolecular Hbond substituents is 1. The van der Waals surface area contributed by atoms with Gasteiger partial charge in [0.1, 0.15) is 24.7 Å². The predicted octanol–water partition coefficient (Wildman–Crippen LogP) is 3.67. The van der Waals surface area contributed by atoms with Gasteiger partial charge in [-0.2, -0.15) is 0 Å². The van der Waals surface area contributed by atoms with Crippen LogP contribution in [0.2, 0.25) is 0 Å². The minimum absolute atomic E-state index is 0.0444. The van der Waals surface area contributed by atoms with E-state index in [9.17, 15) is 19.8 Å². The number of imidazole rings is 1. The number of amides is 1. The quantitative estimate of drug-likeness (QED) is 0.238. The minimum Gasteiger partial charge on any atom is -0.508 e. The summed E-state index contributed by atoms with van der Waals surface area (Å²) in [6.45, 7) is 0.773. The smallest absolute Gasteiger partial charge is 0.302 e. The highest BCUT2D eigenvalue weighted by molar-refractivity contribution is 6.51. The van der Waals surface area contributed by atoms with Crippen LogP contribution in [0.5, 0.6) is 17.2 Å². The maximum atomic E-state index is 13.3. The van der Waals surface area contributed by atoms with Gasteiger partial charge >= 0.3 is 5.91 Å². The predicted molar refractivity (Wildman–Crippen MR) is 126 cm³/mol. The highest BCUT2D eigenvalue weighted by Crippen LogP contribution is 2.43. The number of carbonyl (C=O) groups is 2. The van der Waals surface area contributed by atoms with Crippen molar-refractivity contribution in [2.75, 3.05) is 18.1 Å². The molecule has 9 nitrogen and oxygen atoms in total. The third-order valence-corrected chi connectivity index (χ3v) is 6.05. The van der Waals surface area contributed by atoms with Crippen LogP contribution in [0.15, 0.2) is 72.3 Å². The zero-order chi connectivity index (χ0) is 24.1. The number of aromatic hydroxyl groups is 1. The Morgan fingerprint density at radius 3 is 2.57 bits per heavy atom. The second kappa shape index (κ2) is 7.91. The SMILES string of the molecule is O=C1C(=O)N(c2nc3ccccc3[nH]2)C(c2cccc(O)c2)/C1=C(\O)c1ccc2c(c1)OCCO2. The average Bonchev–Trinajstić information content (AvgIpc) is 3.41. The number of aromatic nitrogens is 2. The number of rotatable bonds is 3. The Labute approximate surface area is 198 Å². The number of anilines is 1. The number of phenols is 1. The number of para-hydroxylation sites is 2. The molecule has 4 aromatic rings. The van der Waals surface area contributed by atoms with Crippen molar-refractivity contribution in [3.05, 3.63) is 83.4 Å². The molecule has 0 bridgehead atoms. The van der Waals surface area contributed by atoms with E-state index < -0.39 is 17.7 Å². The first-order valence-electron chi connectivity index (χ1n) is 11.0. The first kappa shape index (κ1) is 20.8. The van der Waals surface area contributed by atoms with Crippen molar-refractivity contribution >= 4 is 34.4 Å². The fraction of sp³-hybridized carbons (Fsp3) is 0.115. The molecule has 1 saturated heterocycles. The number of carbonyl (C=O) groups excluding carboxylic acids is 2. The maximum Gasteiger partial charge on any atom is 0.302 e. The molecule has 2 aliphatic rings. The van der Waals surface area contributed by atoms with Gasteiger partial charge in [0.2, 0.25) is 5.95 Å². The summed E-state index contributed by atoms with van der Waals surface area (Å²) in [5.74, 6) is -1.02. The summed E-state index contributed by atoms with van der Waals surface area (Å²) >= 11 is 0. The van der Waals surface area contributed by atoms with Crippen molar-refractivity contribution in [1.29, 1.82) is 0 Å². The molecule has 3 heterocycles. The number of hydrogen-bond acceptors (Lipinski definition) is 7. The van der Waals surface area contributed by atoms with Crippen molar-refractivity contribution in [2.24, 2.45) is 0 Å². The molecule has 1 fully saturated rings. The summed E-state index contributed by atoms with van der Waals surface area (Å²) < 4.78 is 11.1. The summed E-state index contributed by atoms with van der Waals surface area (Å²) in [6, 6.07) is 17.2. The monoisotopic (exact) mass is 469 g/mol. The van der Waals surface area contributed by atoms with Crippen LogP contribution < -0.4 is 14.4 Å². The van der Waals surface area contributed by atoms with E-state index in [1.54, 1.807) is 42.5 Å². The van der Waals surface area contributed by atoms with Crippen LogP contribution in [-0.2, 0) is 9.59 Å². The fourth-order valence-corrected chi connectivity index (χ4v) is 4.46. The van der Waals surface area contributed by atoms with E-state index in [1.165, 1.54) is 17.0 Å². The number of ketones is 1. The van der Waals surface area contributed by atoms with Gasteiger partial charge in [0, 0.05) is 5.56 Å². The van der Waals surface area contributed by atoms with Crippen molar-refractivity contribution in [3.63, 3.8) is 0 Å². The van der Waals surface area contributed by atoms with Gasteiger partial charge in [-0.1, -0.05) is 24.3 Å². The fourth-order valence-electron chi connectivity index (χ4n) is 4.46. The largest absolute Gasteiger partial charge is 0.508 e. The van der Waals surface area contributed by atoms with Gasteiger partial charge in [-0.3, -0.25) is 14.5 Å². The number of aromatic amines is 1. The standard InChI is InChI=1S/C26H19N3O6/c30-16-5-3-4-14(12-16)22-21(23(31)15-8-9-19-20(13-15)35-11-10-34-19)24(32)25(33)29(22)26-27-17-6-1-2-7-18(17)28-26/h1-9,12-13,22,30-31H,10-11H2,(H,27,28)/b23-21+. The average molecular weight is 469 g/mol. The van der Waals surface area contributed by atoms with E-state index in [-0.39, 0.29) is 23.0 Å². The van der Waals surface area contributed by atoms with Gasteiger partial charge in [-0.05, 0) is 48.0 Å². The topological polar surface area (TPSA) is 125 Å². The number of benzene rings is 3. The number of fused-ring (bicyclic) bond motifs is 2. The Bertz CT molecular complexity index is 1510. The van der Waals surface area contributed by atoms with Crippen molar-refractivity contribution in [1.82, 2.24) is 9.97 Å². The molecule has 1 aromatic heterocycles.